The zero-order valence-electron chi connectivity index (χ0n) is 26.1. The Morgan fingerprint density at radius 1 is 0.837 bits per heavy atom. The summed E-state index contributed by atoms with van der Waals surface area (Å²) in [5, 5.41) is 4.20. The van der Waals surface area contributed by atoms with Gasteiger partial charge in [-0.25, -0.2) is 4.98 Å². The van der Waals surface area contributed by atoms with Crippen molar-refractivity contribution in [2.75, 3.05) is 26.2 Å². The summed E-state index contributed by atoms with van der Waals surface area (Å²) in [5.41, 5.74) is 7.11. The quantitative estimate of drug-likeness (QED) is 0.247. The summed E-state index contributed by atoms with van der Waals surface area (Å²) >= 11 is 0. The molecule has 2 aliphatic rings. The van der Waals surface area contributed by atoms with E-state index in [-0.39, 0.29) is 11.3 Å². The predicted molar refractivity (Wildman–Crippen MR) is 177 cm³/mol. The van der Waals surface area contributed by atoms with Crippen molar-refractivity contribution in [3.05, 3.63) is 101 Å². The van der Waals surface area contributed by atoms with E-state index in [1.165, 1.54) is 50.8 Å². The largest absolute Gasteiger partial charge is 0.348 e. The number of nitrogens with one attached hydrogen (secondary N) is 1. The van der Waals surface area contributed by atoms with E-state index in [1.54, 1.807) is 0 Å². The lowest BCUT2D eigenvalue weighted by Crippen LogP contribution is -2.46. The minimum absolute atomic E-state index is 0.0334. The lowest BCUT2D eigenvalue weighted by molar-refractivity contribution is 0.0885. The third-order valence-corrected chi connectivity index (χ3v) is 9.39. The molecule has 1 aromatic heterocycles. The standard InChI is InChI=1S/C38H46N4O/c1-38(2,3)30-18-16-28(17-19-30)26-39-37(43)35-32-14-8-9-15-34(32)40-36(29-12-6-4-7-13-29)33(35)27-41-24-20-31(21-25-41)42-22-10-5-11-23-42/h4,6-9,12-19,31H,5,10-11,20-27H2,1-3H3,(H,39,43). The molecule has 5 heteroatoms. The summed E-state index contributed by atoms with van der Waals surface area (Å²) in [5.74, 6) is -0.0334. The van der Waals surface area contributed by atoms with Crippen LogP contribution in [0.15, 0.2) is 78.9 Å². The van der Waals surface area contributed by atoms with Gasteiger partial charge in [0.1, 0.15) is 0 Å². The van der Waals surface area contributed by atoms with E-state index in [1.807, 2.05) is 24.3 Å². The number of aromatic nitrogens is 1. The van der Waals surface area contributed by atoms with Crippen molar-refractivity contribution in [2.24, 2.45) is 0 Å². The summed E-state index contributed by atoms with van der Waals surface area (Å²) < 4.78 is 0. The van der Waals surface area contributed by atoms with Crippen LogP contribution in [0.1, 0.15) is 79.9 Å². The summed E-state index contributed by atoms with van der Waals surface area (Å²) in [4.78, 5) is 24.6. The Morgan fingerprint density at radius 3 is 2.21 bits per heavy atom. The van der Waals surface area contributed by atoms with Gasteiger partial charge in [-0.15, -0.1) is 0 Å². The number of hydrogen-bond acceptors (Lipinski definition) is 4. The minimum atomic E-state index is -0.0334. The van der Waals surface area contributed by atoms with Crippen LogP contribution in [0.5, 0.6) is 0 Å². The summed E-state index contributed by atoms with van der Waals surface area (Å²) in [6.45, 7) is 12.5. The molecule has 0 spiro atoms. The van der Waals surface area contributed by atoms with Gasteiger partial charge >= 0.3 is 0 Å². The highest BCUT2D eigenvalue weighted by atomic mass is 16.1. The fraction of sp³-hybridized carbons (Fsp3) is 0.421. The molecule has 224 valence electrons. The number of nitrogens with zero attached hydrogens (tertiary/aromatic N) is 3. The smallest absolute Gasteiger partial charge is 0.252 e. The van der Waals surface area contributed by atoms with E-state index < -0.39 is 0 Å². The molecule has 3 heterocycles. The molecule has 4 aromatic rings. The third kappa shape index (κ3) is 6.84. The van der Waals surface area contributed by atoms with E-state index in [4.69, 9.17) is 4.98 Å². The third-order valence-electron chi connectivity index (χ3n) is 9.39. The first-order valence-corrected chi connectivity index (χ1v) is 16.2. The number of piperidine rings is 2. The number of rotatable bonds is 7. The van der Waals surface area contributed by atoms with Gasteiger partial charge in [0.25, 0.3) is 5.91 Å². The maximum Gasteiger partial charge on any atom is 0.252 e. The number of likely N-dealkylation sites (tertiary alicyclic amines) is 2. The molecule has 0 aliphatic carbocycles. The molecule has 0 atom stereocenters. The molecule has 1 amide bonds. The number of pyridine rings is 1. The van der Waals surface area contributed by atoms with Crippen molar-refractivity contribution >= 4 is 16.8 Å². The van der Waals surface area contributed by atoms with Crippen molar-refractivity contribution in [1.82, 2.24) is 20.1 Å². The highest BCUT2D eigenvalue weighted by Gasteiger charge is 2.28. The topological polar surface area (TPSA) is 48.5 Å². The number of benzene rings is 3. The molecule has 2 saturated heterocycles. The maximum atomic E-state index is 14.2. The Hall–Kier alpha value is -3.54. The normalized spacial score (nSPS) is 17.3. The van der Waals surface area contributed by atoms with E-state index in [9.17, 15) is 4.79 Å². The van der Waals surface area contributed by atoms with Crippen LogP contribution in [-0.4, -0.2) is 52.9 Å². The van der Waals surface area contributed by atoms with E-state index >= 15 is 0 Å². The van der Waals surface area contributed by atoms with Gasteiger partial charge in [-0.1, -0.05) is 100.0 Å². The summed E-state index contributed by atoms with van der Waals surface area (Å²) in [6, 6.07) is 27.8. The zero-order valence-corrected chi connectivity index (χ0v) is 26.1. The molecule has 3 aromatic carbocycles. The zero-order chi connectivity index (χ0) is 29.8. The predicted octanol–water partition coefficient (Wildman–Crippen LogP) is 7.58. The fourth-order valence-corrected chi connectivity index (χ4v) is 6.84. The van der Waals surface area contributed by atoms with Crippen LogP contribution in [0.4, 0.5) is 0 Å². The molecule has 1 N–H and O–H groups in total. The van der Waals surface area contributed by atoms with Gasteiger partial charge in [-0.05, 0) is 74.5 Å². The first-order valence-electron chi connectivity index (χ1n) is 16.2. The SMILES string of the molecule is CC(C)(C)c1ccc(CNC(=O)c2c(CN3CCC(N4CCCCC4)CC3)c(-c3ccccc3)nc3ccccc23)cc1. The highest BCUT2D eigenvalue weighted by molar-refractivity contribution is 6.09. The average Bonchev–Trinajstić information content (AvgIpc) is 3.04. The molecule has 0 saturated carbocycles. The Kier molecular flexibility index (Phi) is 8.92. The van der Waals surface area contributed by atoms with Crippen molar-refractivity contribution in [1.29, 1.82) is 0 Å². The Balaban J connectivity index is 1.31. The summed E-state index contributed by atoms with van der Waals surface area (Å²) in [6.07, 6.45) is 6.42. The number of hydrogen-bond donors (Lipinski definition) is 1. The fourth-order valence-electron chi connectivity index (χ4n) is 6.84. The second-order valence-electron chi connectivity index (χ2n) is 13.4. The van der Waals surface area contributed by atoms with Gasteiger partial charge in [0.05, 0.1) is 16.8 Å². The maximum absolute atomic E-state index is 14.2. The summed E-state index contributed by atoms with van der Waals surface area (Å²) in [7, 11) is 0. The molecule has 0 bridgehead atoms. The van der Waals surface area contributed by atoms with Gasteiger partial charge in [0, 0.05) is 35.6 Å². The van der Waals surface area contributed by atoms with Crippen molar-refractivity contribution in [3.8, 4) is 11.3 Å². The van der Waals surface area contributed by atoms with E-state index in [0.29, 0.717) is 12.6 Å². The van der Waals surface area contributed by atoms with Gasteiger partial charge in [-0.2, -0.15) is 0 Å². The highest BCUT2D eigenvalue weighted by Crippen LogP contribution is 2.33. The second kappa shape index (κ2) is 13.0. The van der Waals surface area contributed by atoms with E-state index in [2.05, 4.69) is 90.5 Å². The molecule has 6 rings (SSSR count). The first kappa shape index (κ1) is 29.5. The molecular formula is C38H46N4O. The van der Waals surface area contributed by atoms with Crippen molar-refractivity contribution in [3.63, 3.8) is 0 Å². The molecule has 0 radical (unpaired) electrons. The lowest BCUT2D eigenvalue weighted by atomic mass is 9.87. The lowest BCUT2D eigenvalue weighted by Gasteiger charge is -2.40. The number of fused-ring (bicyclic) bond motifs is 1. The van der Waals surface area contributed by atoms with Gasteiger partial charge < -0.3 is 10.2 Å². The molecule has 2 fully saturated rings. The van der Waals surface area contributed by atoms with Crippen LogP contribution in [-0.2, 0) is 18.5 Å². The van der Waals surface area contributed by atoms with Gasteiger partial charge in [0.2, 0.25) is 0 Å². The minimum Gasteiger partial charge on any atom is -0.348 e. The average molecular weight is 575 g/mol. The van der Waals surface area contributed by atoms with Crippen LogP contribution < -0.4 is 5.32 Å². The Bertz CT molecular complexity index is 1530. The van der Waals surface area contributed by atoms with Crippen LogP contribution >= 0.6 is 0 Å². The molecule has 5 nitrogen and oxygen atoms in total. The van der Waals surface area contributed by atoms with E-state index in [0.717, 1.165) is 58.5 Å². The van der Waals surface area contributed by atoms with Gasteiger partial charge in [-0.3, -0.25) is 9.69 Å². The second-order valence-corrected chi connectivity index (χ2v) is 13.4. The monoisotopic (exact) mass is 574 g/mol. The number of amides is 1. The number of para-hydroxylation sites is 1. The number of carbonyl (C=O) groups excluding carboxylic acids is 1. The number of carbonyl (C=O) groups is 1. The van der Waals surface area contributed by atoms with Crippen LogP contribution in [0.25, 0.3) is 22.2 Å². The van der Waals surface area contributed by atoms with Crippen LogP contribution in [0.2, 0.25) is 0 Å². The van der Waals surface area contributed by atoms with Crippen molar-refractivity contribution in [2.45, 2.75) is 77.4 Å². The van der Waals surface area contributed by atoms with Gasteiger partial charge in [0.15, 0.2) is 0 Å². The van der Waals surface area contributed by atoms with Crippen LogP contribution in [0, 0.1) is 0 Å². The first-order chi connectivity index (χ1) is 20.9. The molecule has 43 heavy (non-hydrogen) atoms. The molecular weight excluding hydrogens is 528 g/mol. The Morgan fingerprint density at radius 2 is 1.51 bits per heavy atom. The molecule has 2 aliphatic heterocycles. The van der Waals surface area contributed by atoms with Crippen molar-refractivity contribution < 1.29 is 4.79 Å². The van der Waals surface area contributed by atoms with Crippen LogP contribution in [0.3, 0.4) is 0 Å². The Labute approximate surface area is 257 Å². The molecule has 0 unspecified atom stereocenters.